The van der Waals surface area contributed by atoms with E-state index < -0.39 is 0 Å². The molecule has 0 aliphatic heterocycles. The maximum absolute atomic E-state index is 11.9. The van der Waals surface area contributed by atoms with E-state index in [2.05, 4.69) is 12.2 Å². The van der Waals surface area contributed by atoms with Crippen molar-refractivity contribution in [2.24, 2.45) is 11.7 Å². The number of hydrogen-bond acceptors (Lipinski definition) is 2. The van der Waals surface area contributed by atoms with Crippen LogP contribution < -0.4 is 11.1 Å². The molecule has 106 valence electrons. The fourth-order valence-corrected chi connectivity index (χ4v) is 2.34. The van der Waals surface area contributed by atoms with Gasteiger partial charge in [0.2, 0.25) is 5.91 Å². The topological polar surface area (TPSA) is 55.1 Å². The van der Waals surface area contributed by atoms with Gasteiger partial charge in [0.15, 0.2) is 0 Å². The highest BCUT2D eigenvalue weighted by Crippen LogP contribution is 2.23. The average Bonchev–Trinajstić information content (AvgIpc) is 2.38. The molecule has 0 saturated heterocycles. The molecule has 0 aliphatic rings. The van der Waals surface area contributed by atoms with Crippen molar-refractivity contribution < 1.29 is 4.79 Å². The number of rotatable bonds is 7. The molecule has 0 aromatic heterocycles. The van der Waals surface area contributed by atoms with Crippen molar-refractivity contribution in [3.8, 4) is 0 Å². The van der Waals surface area contributed by atoms with Gasteiger partial charge >= 0.3 is 0 Å². The fraction of sp³-hybridized carbons (Fsp3) is 0.533. The maximum Gasteiger partial charge on any atom is 0.224 e. The van der Waals surface area contributed by atoms with Gasteiger partial charge in [0.1, 0.15) is 0 Å². The summed E-state index contributed by atoms with van der Waals surface area (Å²) in [6.45, 7) is 4.79. The van der Waals surface area contributed by atoms with Crippen LogP contribution in [0.25, 0.3) is 0 Å². The second kappa shape index (κ2) is 8.18. The van der Waals surface area contributed by atoms with E-state index in [1.165, 1.54) is 0 Å². The molecule has 1 amide bonds. The fourth-order valence-electron chi connectivity index (χ4n) is 2.06. The molecule has 0 saturated carbocycles. The van der Waals surface area contributed by atoms with Crippen molar-refractivity contribution in [3.05, 3.63) is 28.8 Å². The first-order valence-corrected chi connectivity index (χ1v) is 7.20. The lowest BCUT2D eigenvalue weighted by molar-refractivity contribution is -0.116. The molecule has 3 N–H and O–H groups in total. The normalized spacial score (nSPS) is 12.2. The highest BCUT2D eigenvalue weighted by Gasteiger charge is 2.10. The van der Waals surface area contributed by atoms with Gasteiger partial charge < -0.3 is 11.1 Å². The van der Waals surface area contributed by atoms with E-state index in [9.17, 15) is 4.79 Å². The van der Waals surface area contributed by atoms with Crippen LogP contribution in [0, 0.1) is 12.8 Å². The van der Waals surface area contributed by atoms with Crippen molar-refractivity contribution in [2.45, 2.75) is 39.5 Å². The van der Waals surface area contributed by atoms with Gasteiger partial charge in [0, 0.05) is 6.42 Å². The number of nitrogens with two attached hydrogens (primary N) is 1. The lowest BCUT2D eigenvalue weighted by atomic mass is 9.96. The molecule has 19 heavy (non-hydrogen) atoms. The highest BCUT2D eigenvalue weighted by molar-refractivity contribution is 6.33. The number of halogens is 1. The zero-order valence-electron chi connectivity index (χ0n) is 11.7. The van der Waals surface area contributed by atoms with Crippen molar-refractivity contribution >= 4 is 23.2 Å². The Labute approximate surface area is 120 Å². The van der Waals surface area contributed by atoms with Gasteiger partial charge in [-0.2, -0.15) is 0 Å². The van der Waals surface area contributed by atoms with E-state index >= 15 is 0 Å². The van der Waals surface area contributed by atoms with Crippen molar-refractivity contribution in [2.75, 3.05) is 11.9 Å². The molecule has 1 unspecified atom stereocenters. The van der Waals surface area contributed by atoms with Gasteiger partial charge in [-0.3, -0.25) is 4.79 Å². The Bertz CT molecular complexity index is 421. The lowest BCUT2D eigenvalue weighted by Crippen LogP contribution is -2.15. The van der Waals surface area contributed by atoms with Gasteiger partial charge in [-0.25, -0.2) is 0 Å². The van der Waals surface area contributed by atoms with E-state index in [1.807, 2.05) is 25.1 Å². The molecule has 0 heterocycles. The summed E-state index contributed by atoms with van der Waals surface area (Å²) in [5.41, 5.74) is 7.32. The van der Waals surface area contributed by atoms with Gasteiger partial charge in [-0.15, -0.1) is 0 Å². The number of aryl methyl sites for hydroxylation is 1. The summed E-state index contributed by atoms with van der Waals surface area (Å²) in [5, 5.41) is 3.44. The molecular weight excluding hydrogens is 260 g/mol. The first-order valence-electron chi connectivity index (χ1n) is 6.82. The lowest BCUT2D eigenvalue weighted by Gasteiger charge is -2.13. The Hall–Kier alpha value is -1.06. The minimum absolute atomic E-state index is 0.0150. The minimum atomic E-state index is 0.0150. The van der Waals surface area contributed by atoms with Crippen LogP contribution in [0.15, 0.2) is 18.2 Å². The molecule has 4 heteroatoms. The van der Waals surface area contributed by atoms with Crippen LogP contribution in [-0.2, 0) is 4.79 Å². The van der Waals surface area contributed by atoms with Crippen LogP contribution in [0.2, 0.25) is 5.02 Å². The number of amides is 1. The molecular formula is C15H23ClN2O. The maximum atomic E-state index is 11.9. The first-order chi connectivity index (χ1) is 9.06. The number of nitrogens with one attached hydrogen (secondary N) is 1. The first kappa shape index (κ1) is 16.0. The summed E-state index contributed by atoms with van der Waals surface area (Å²) in [7, 11) is 0. The molecule has 0 spiro atoms. The smallest absolute Gasteiger partial charge is 0.224 e. The Morgan fingerprint density at radius 1 is 1.42 bits per heavy atom. The largest absolute Gasteiger partial charge is 0.330 e. The van der Waals surface area contributed by atoms with E-state index in [0.717, 1.165) is 24.8 Å². The number of hydrogen-bond donors (Lipinski definition) is 2. The summed E-state index contributed by atoms with van der Waals surface area (Å²) in [6.07, 6.45) is 3.44. The van der Waals surface area contributed by atoms with Crippen molar-refractivity contribution in [3.63, 3.8) is 0 Å². The molecule has 3 nitrogen and oxygen atoms in total. The average molecular weight is 283 g/mol. The molecule has 1 rings (SSSR count). The highest BCUT2D eigenvalue weighted by atomic mass is 35.5. The number of carbonyl (C=O) groups is 1. The quantitative estimate of drug-likeness (QED) is 0.800. The SMILES string of the molecule is CCC(CCN)CCC(=O)Nc1ccc(C)cc1Cl. The monoisotopic (exact) mass is 282 g/mol. The van der Waals surface area contributed by atoms with Crippen LogP contribution in [0.5, 0.6) is 0 Å². The molecule has 0 aliphatic carbocycles. The molecule has 0 radical (unpaired) electrons. The summed E-state index contributed by atoms with van der Waals surface area (Å²) in [4.78, 5) is 11.9. The summed E-state index contributed by atoms with van der Waals surface area (Å²) >= 11 is 6.08. The van der Waals surface area contributed by atoms with Crippen LogP contribution in [-0.4, -0.2) is 12.5 Å². The minimum Gasteiger partial charge on any atom is -0.330 e. The Kier molecular flexibility index (Phi) is 6.89. The second-order valence-corrected chi connectivity index (χ2v) is 5.33. The Morgan fingerprint density at radius 2 is 2.16 bits per heavy atom. The number of anilines is 1. The molecule has 1 aromatic rings. The molecule has 1 atom stereocenters. The van der Waals surface area contributed by atoms with Gasteiger partial charge in [0.05, 0.1) is 10.7 Å². The number of benzene rings is 1. The van der Waals surface area contributed by atoms with Gasteiger partial charge in [-0.1, -0.05) is 31.0 Å². The van der Waals surface area contributed by atoms with E-state index in [0.29, 0.717) is 29.6 Å². The van der Waals surface area contributed by atoms with E-state index in [1.54, 1.807) is 0 Å². The van der Waals surface area contributed by atoms with E-state index in [4.69, 9.17) is 17.3 Å². The number of carbonyl (C=O) groups excluding carboxylic acids is 1. The third kappa shape index (κ3) is 5.62. The zero-order chi connectivity index (χ0) is 14.3. The molecule has 0 fully saturated rings. The Morgan fingerprint density at radius 3 is 2.74 bits per heavy atom. The summed E-state index contributed by atoms with van der Waals surface area (Å²) in [6, 6.07) is 5.62. The van der Waals surface area contributed by atoms with Crippen LogP contribution in [0.3, 0.4) is 0 Å². The standard InChI is InChI=1S/C15H23ClN2O/c1-3-12(8-9-17)5-7-15(19)18-14-6-4-11(2)10-13(14)16/h4,6,10,12H,3,5,7-9,17H2,1-2H3,(H,18,19). The Balaban J connectivity index is 2.46. The predicted octanol–water partition coefficient (Wildman–Crippen LogP) is 3.74. The second-order valence-electron chi connectivity index (χ2n) is 4.92. The predicted molar refractivity (Wildman–Crippen MR) is 81.5 cm³/mol. The molecule has 0 bridgehead atoms. The molecule has 1 aromatic carbocycles. The van der Waals surface area contributed by atoms with Crippen molar-refractivity contribution in [1.82, 2.24) is 0 Å². The summed E-state index contributed by atoms with van der Waals surface area (Å²) < 4.78 is 0. The zero-order valence-corrected chi connectivity index (χ0v) is 12.5. The third-order valence-electron chi connectivity index (χ3n) is 3.33. The van der Waals surface area contributed by atoms with Gasteiger partial charge in [0.25, 0.3) is 0 Å². The van der Waals surface area contributed by atoms with Crippen LogP contribution >= 0.6 is 11.6 Å². The van der Waals surface area contributed by atoms with Crippen LogP contribution in [0.1, 0.15) is 38.2 Å². The van der Waals surface area contributed by atoms with E-state index in [-0.39, 0.29) is 5.91 Å². The van der Waals surface area contributed by atoms with Crippen LogP contribution in [0.4, 0.5) is 5.69 Å². The van der Waals surface area contributed by atoms with Gasteiger partial charge in [-0.05, 0) is 49.9 Å². The van der Waals surface area contributed by atoms with Crippen molar-refractivity contribution in [1.29, 1.82) is 0 Å². The third-order valence-corrected chi connectivity index (χ3v) is 3.64. The summed E-state index contributed by atoms with van der Waals surface area (Å²) in [5.74, 6) is 0.547.